The van der Waals surface area contributed by atoms with Crippen molar-refractivity contribution in [2.75, 3.05) is 12.8 Å². The van der Waals surface area contributed by atoms with Crippen molar-refractivity contribution >= 4 is 45.2 Å². The lowest BCUT2D eigenvalue weighted by atomic mass is 10.3. The number of imide groups is 1. The number of hydrogen-bond acceptors (Lipinski definition) is 4. The van der Waals surface area contributed by atoms with Gasteiger partial charge in [0.1, 0.15) is 0 Å². The van der Waals surface area contributed by atoms with E-state index < -0.39 is 0 Å². The lowest BCUT2D eigenvalue weighted by molar-refractivity contribution is -0.136. The number of nitrogen functional groups attached to an aromatic ring is 1. The standard InChI is InChI=1S/C11H11BrN2O2S/c1-14-10(15)5-9(11(14)16)17-8-4-6(12)2-3-7(8)13/h2-4,9H,5,13H2,1H3. The Balaban J connectivity index is 2.19. The van der Waals surface area contributed by atoms with E-state index in [1.54, 1.807) is 6.07 Å². The Labute approximate surface area is 112 Å². The number of carbonyl (C=O) groups is 2. The molecule has 1 unspecified atom stereocenters. The van der Waals surface area contributed by atoms with Crippen molar-refractivity contribution in [1.29, 1.82) is 0 Å². The van der Waals surface area contributed by atoms with Crippen LogP contribution in [-0.4, -0.2) is 29.0 Å². The number of carbonyl (C=O) groups excluding carboxylic acids is 2. The molecule has 1 atom stereocenters. The molecule has 1 aromatic rings. The normalized spacial score (nSPS) is 20.1. The van der Waals surface area contributed by atoms with Gasteiger partial charge in [-0.1, -0.05) is 15.9 Å². The Morgan fingerprint density at radius 1 is 1.47 bits per heavy atom. The van der Waals surface area contributed by atoms with Gasteiger partial charge in [-0.15, -0.1) is 11.8 Å². The van der Waals surface area contributed by atoms with E-state index >= 15 is 0 Å². The summed E-state index contributed by atoms with van der Waals surface area (Å²) in [5.41, 5.74) is 6.45. The summed E-state index contributed by atoms with van der Waals surface area (Å²) in [6.45, 7) is 0. The summed E-state index contributed by atoms with van der Waals surface area (Å²) in [5.74, 6) is -0.291. The van der Waals surface area contributed by atoms with Crippen LogP contribution in [0.15, 0.2) is 27.6 Å². The predicted octanol–water partition coefficient (Wildman–Crippen LogP) is 1.88. The third-order valence-electron chi connectivity index (χ3n) is 2.58. The maximum absolute atomic E-state index is 11.7. The summed E-state index contributed by atoms with van der Waals surface area (Å²) < 4.78 is 0.902. The molecule has 90 valence electrons. The highest BCUT2D eigenvalue weighted by Gasteiger charge is 2.36. The Morgan fingerprint density at radius 2 is 2.18 bits per heavy atom. The average molecular weight is 315 g/mol. The molecule has 0 saturated carbocycles. The maximum atomic E-state index is 11.7. The number of amides is 2. The van der Waals surface area contributed by atoms with Crippen molar-refractivity contribution < 1.29 is 9.59 Å². The van der Waals surface area contributed by atoms with E-state index in [4.69, 9.17) is 5.73 Å². The number of likely N-dealkylation sites (tertiary alicyclic amines) is 1. The van der Waals surface area contributed by atoms with Crippen molar-refractivity contribution in [3.8, 4) is 0 Å². The van der Waals surface area contributed by atoms with Crippen molar-refractivity contribution in [2.24, 2.45) is 0 Å². The molecular formula is C11H11BrN2O2S. The van der Waals surface area contributed by atoms with Gasteiger partial charge in [-0.2, -0.15) is 0 Å². The maximum Gasteiger partial charge on any atom is 0.242 e. The van der Waals surface area contributed by atoms with Crippen LogP contribution in [0.25, 0.3) is 0 Å². The van der Waals surface area contributed by atoms with Gasteiger partial charge in [0.2, 0.25) is 11.8 Å². The number of nitrogens with zero attached hydrogens (tertiary/aromatic N) is 1. The molecule has 2 rings (SSSR count). The first kappa shape index (κ1) is 12.4. The molecule has 6 heteroatoms. The molecule has 1 aliphatic rings. The van der Waals surface area contributed by atoms with Crippen LogP contribution in [0.3, 0.4) is 0 Å². The van der Waals surface area contributed by atoms with E-state index in [0.717, 1.165) is 9.37 Å². The molecule has 4 nitrogen and oxygen atoms in total. The molecule has 0 radical (unpaired) electrons. The predicted molar refractivity (Wildman–Crippen MR) is 70.6 cm³/mol. The number of rotatable bonds is 2. The zero-order valence-electron chi connectivity index (χ0n) is 9.14. The summed E-state index contributed by atoms with van der Waals surface area (Å²) in [6.07, 6.45) is 0.242. The third kappa shape index (κ3) is 2.47. The van der Waals surface area contributed by atoms with Gasteiger partial charge in [-0.05, 0) is 18.2 Å². The average Bonchev–Trinajstić information content (AvgIpc) is 2.52. The van der Waals surface area contributed by atoms with Crippen molar-refractivity contribution in [3.05, 3.63) is 22.7 Å². The molecule has 2 amide bonds. The van der Waals surface area contributed by atoms with Crippen LogP contribution in [0.5, 0.6) is 0 Å². The summed E-state index contributed by atoms with van der Waals surface area (Å²) >= 11 is 4.69. The number of anilines is 1. The van der Waals surface area contributed by atoms with Crippen LogP contribution < -0.4 is 5.73 Å². The number of nitrogens with two attached hydrogens (primary N) is 1. The molecule has 1 saturated heterocycles. The van der Waals surface area contributed by atoms with E-state index in [1.165, 1.54) is 23.7 Å². The quantitative estimate of drug-likeness (QED) is 0.668. The van der Waals surface area contributed by atoms with Crippen LogP contribution in [0.4, 0.5) is 5.69 Å². The number of thioether (sulfide) groups is 1. The van der Waals surface area contributed by atoms with Crippen LogP contribution in [0.2, 0.25) is 0 Å². The molecule has 0 aliphatic carbocycles. The fourth-order valence-electron chi connectivity index (χ4n) is 1.58. The summed E-state index contributed by atoms with van der Waals surface area (Å²) in [7, 11) is 1.51. The highest BCUT2D eigenvalue weighted by molar-refractivity contribution is 9.10. The van der Waals surface area contributed by atoms with Crippen LogP contribution in [0.1, 0.15) is 6.42 Å². The lowest BCUT2D eigenvalue weighted by Gasteiger charge is -2.10. The van der Waals surface area contributed by atoms with Gasteiger partial charge in [0.15, 0.2) is 0 Å². The summed E-state index contributed by atoms with van der Waals surface area (Å²) in [5, 5.41) is -0.357. The highest BCUT2D eigenvalue weighted by Crippen LogP contribution is 2.35. The topological polar surface area (TPSA) is 63.4 Å². The number of hydrogen-bond donors (Lipinski definition) is 1. The van der Waals surface area contributed by atoms with E-state index in [2.05, 4.69) is 15.9 Å². The van der Waals surface area contributed by atoms with Crippen LogP contribution in [0, 0.1) is 0 Å². The Kier molecular flexibility index (Phi) is 3.44. The van der Waals surface area contributed by atoms with Crippen LogP contribution in [-0.2, 0) is 9.59 Å². The molecule has 1 fully saturated rings. The molecule has 17 heavy (non-hydrogen) atoms. The Morgan fingerprint density at radius 3 is 2.76 bits per heavy atom. The fourth-order valence-corrected chi connectivity index (χ4v) is 3.28. The van der Waals surface area contributed by atoms with Crippen molar-refractivity contribution in [2.45, 2.75) is 16.6 Å². The SMILES string of the molecule is CN1C(=O)CC(Sc2cc(Br)ccc2N)C1=O. The second kappa shape index (κ2) is 4.70. The van der Waals surface area contributed by atoms with Gasteiger partial charge in [0.25, 0.3) is 0 Å². The molecule has 1 aliphatic heterocycles. The van der Waals surface area contributed by atoms with Crippen molar-refractivity contribution in [3.63, 3.8) is 0 Å². The Bertz CT molecular complexity index is 492. The first-order valence-electron chi connectivity index (χ1n) is 5.01. The summed E-state index contributed by atoms with van der Waals surface area (Å²) in [6, 6.07) is 5.47. The molecule has 0 aromatic heterocycles. The van der Waals surface area contributed by atoms with Gasteiger partial charge in [0, 0.05) is 28.5 Å². The second-order valence-electron chi connectivity index (χ2n) is 3.78. The Hall–Kier alpha value is -1.01. The van der Waals surface area contributed by atoms with Crippen molar-refractivity contribution in [1.82, 2.24) is 4.90 Å². The van der Waals surface area contributed by atoms with Gasteiger partial charge in [-0.25, -0.2) is 0 Å². The first-order valence-corrected chi connectivity index (χ1v) is 6.68. The molecule has 2 N–H and O–H groups in total. The smallest absolute Gasteiger partial charge is 0.242 e. The van der Waals surface area contributed by atoms with Gasteiger partial charge >= 0.3 is 0 Å². The zero-order valence-corrected chi connectivity index (χ0v) is 11.5. The van der Waals surface area contributed by atoms with E-state index in [1.807, 2.05) is 12.1 Å². The molecular weight excluding hydrogens is 304 g/mol. The lowest BCUT2D eigenvalue weighted by Crippen LogP contribution is -2.26. The minimum Gasteiger partial charge on any atom is -0.398 e. The van der Waals surface area contributed by atoms with E-state index in [0.29, 0.717) is 5.69 Å². The summed E-state index contributed by atoms with van der Waals surface area (Å²) in [4.78, 5) is 25.1. The van der Waals surface area contributed by atoms with E-state index in [-0.39, 0.29) is 23.5 Å². The minimum absolute atomic E-state index is 0.138. The second-order valence-corrected chi connectivity index (χ2v) is 5.94. The fraction of sp³-hybridized carbons (Fsp3) is 0.273. The van der Waals surface area contributed by atoms with Gasteiger partial charge in [-0.3, -0.25) is 14.5 Å². The molecule has 0 spiro atoms. The van der Waals surface area contributed by atoms with Gasteiger partial charge in [0.05, 0.1) is 5.25 Å². The van der Waals surface area contributed by atoms with Gasteiger partial charge < -0.3 is 5.73 Å². The first-order chi connectivity index (χ1) is 7.99. The van der Waals surface area contributed by atoms with E-state index in [9.17, 15) is 9.59 Å². The molecule has 1 heterocycles. The zero-order chi connectivity index (χ0) is 12.6. The number of halogens is 1. The largest absolute Gasteiger partial charge is 0.398 e. The minimum atomic E-state index is -0.357. The molecule has 1 aromatic carbocycles. The third-order valence-corrected chi connectivity index (χ3v) is 4.34. The number of benzene rings is 1. The van der Waals surface area contributed by atoms with Crippen LogP contribution >= 0.6 is 27.7 Å². The monoisotopic (exact) mass is 314 g/mol. The highest BCUT2D eigenvalue weighted by atomic mass is 79.9. The molecule has 0 bridgehead atoms.